The Hall–Kier alpha value is 1.34. The number of hydrogen-bond acceptors (Lipinski definition) is 3. The molecule has 0 spiro atoms. The van der Waals surface area contributed by atoms with Gasteiger partial charge in [0.15, 0.2) is 12.6 Å². The van der Waals surface area contributed by atoms with Crippen molar-refractivity contribution in [2.24, 2.45) is 59.2 Å². The molecule has 0 aliphatic rings. The second-order valence-corrected chi connectivity index (χ2v) is 28.8. The van der Waals surface area contributed by atoms with Crippen molar-refractivity contribution in [3.05, 3.63) is 0 Å². The van der Waals surface area contributed by atoms with Crippen LogP contribution in [0.3, 0.4) is 0 Å². The highest BCUT2D eigenvalue weighted by molar-refractivity contribution is 14.1. The van der Waals surface area contributed by atoms with Gasteiger partial charge in [-0.3, -0.25) is 0 Å². The van der Waals surface area contributed by atoms with E-state index >= 15 is 0 Å². The van der Waals surface area contributed by atoms with Crippen molar-refractivity contribution < 1.29 is 14.2 Å². The van der Waals surface area contributed by atoms with E-state index in [2.05, 4.69) is 142 Å². The van der Waals surface area contributed by atoms with Crippen LogP contribution in [-0.4, -0.2) is 33.6 Å². The number of ether oxygens (including phenoxy) is 3. The van der Waals surface area contributed by atoms with Crippen LogP contribution in [0.5, 0.6) is 0 Å². The zero-order chi connectivity index (χ0) is 50.2. The summed E-state index contributed by atoms with van der Waals surface area (Å²) in [6, 6.07) is 0. The van der Waals surface area contributed by atoms with Gasteiger partial charge in [0, 0.05) is 21.1 Å². The molecular weight excluding hydrogens is 1050 g/mol. The first-order chi connectivity index (χ1) is 31.9. The summed E-state index contributed by atoms with van der Waals surface area (Å²) in [7, 11) is 0. The first kappa shape index (κ1) is 68.3. The van der Waals surface area contributed by atoms with E-state index in [1.165, 1.54) is 180 Å². The van der Waals surface area contributed by atoms with E-state index < -0.39 is 0 Å². The van der Waals surface area contributed by atoms with Crippen LogP contribution in [0.15, 0.2) is 0 Å². The summed E-state index contributed by atoms with van der Waals surface area (Å²) >= 11 is 5.19. The number of unbranched alkanes of at least 4 members (excludes halogenated alkanes) is 14. The summed E-state index contributed by atoms with van der Waals surface area (Å²) in [5.74, 6) is 8.02. The molecule has 0 aromatic rings. The van der Waals surface area contributed by atoms with Crippen molar-refractivity contribution in [2.45, 2.75) is 323 Å². The maximum Gasteiger partial charge on any atom is 0.160 e. The third kappa shape index (κ3) is 45.7. The highest BCUT2D eigenvalue weighted by Gasteiger charge is 2.22. The summed E-state index contributed by atoms with van der Waals surface area (Å²) in [6.45, 7) is 36.0. The average molecular weight is 1170 g/mol. The molecule has 0 rings (SSSR count). The SMILES string of the molecule is CCCCCCCCCCOC(CCCC(C)CC(C)CC(C)CC(C)CC(C)CC(C)I)OC(CCCC(C)CC(C)CC(C)CC(C)CC(C)CC(C)I)OCCCCCCCCCC. The number of halogens is 2. The molecule has 0 heterocycles. The van der Waals surface area contributed by atoms with Gasteiger partial charge in [-0.05, 0) is 162 Å². The topological polar surface area (TPSA) is 27.7 Å². The zero-order valence-corrected chi connectivity index (χ0v) is 52.4. The fraction of sp³-hybridized carbons (Fsp3) is 1.00. The fourth-order valence-electron chi connectivity index (χ4n) is 12.3. The Morgan fingerprint density at radius 3 is 0.776 bits per heavy atom. The molecule has 0 aliphatic heterocycles. The first-order valence-electron chi connectivity index (χ1n) is 30.1. The predicted molar refractivity (Wildman–Crippen MR) is 318 cm³/mol. The molecule has 0 aromatic heterocycles. The van der Waals surface area contributed by atoms with Gasteiger partial charge in [-0.15, -0.1) is 0 Å². The fourth-order valence-corrected chi connectivity index (χ4v) is 14.1. The summed E-state index contributed by atoms with van der Waals surface area (Å²) in [5.41, 5.74) is 0. The van der Waals surface area contributed by atoms with Crippen LogP contribution in [0.2, 0.25) is 0 Å². The van der Waals surface area contributed by atoms with Crippen molar-refractivity contribution in [3.63, 3.8) is 0 Å². The number of alkyl halides is 2. The monoisotopic (exact) mass is 1170 g/mol. The summed E-state index contributed by atoms with van der Waals surface area (Å²) in [5, 5.41) is 0. The predicted octanol–water partition coefficient (Wildman–Crippen LogP) is 22.2. The molecule has 14 unspecified atom stereocenters. The number of rotatable bonds is 50. The van der Waals surface area contributed by atoms with Crippen LogP contribution in [0.4, 0.5) is 0 Å². The van der Waals surface area contributed by atoms with E-state index in [9.17, 15) is 0 Å². The van der Waals surface area contributed by atoms with E-state index in [0.29, 0.717) is 0 Å². The first-order valence-corrected chi connectivity index (χ1v) is 32.6. The molecule has 14 atom stereocenters. The Morgan fingerprint density at radius 2 is 0.507 bits per heavy atom. The third-order valence-corrected chi connectivity index (χ3v) is 16.1. The van der Waals surface area contributed by atoms with Crippen LogP contribution in [0.25, 0.3) is 0 Å². The van der Waals surface area contributed by atoms with Gasteiger partial charge in [-0.1, -0.05) is 245 Å². The lowest BCUT2D eigenvalue weighted by Gasteiger charge is -2.27. The molecule has 0 fully saturated rings. The second kappa shape index (κ2) is 45.9. The minimum absolute atomic E-state index is 0.161. The Labute approximate surface area is 451 Å². The standard InChI is InChI=1S/C62H124I2O3/c1-15-17-19-21-23-25-27-29-37-65-61(35-31-33-49(3)39-51(5)41-53(7)43-55(9)45-57(11)47-59(13)63)67-62(66-38-30-28-26-24-22-20-18-16-2)36-32-34-50(4)40-52(6)42-54(8)44-56(10)46-58(12)48-60(14)64/h49-62H,15-48H2,1-14H3. The highest BCUT2D eigenvalue weighted by atomic mass is 127. The largest absolute Gasteiger partial charge is 0.353 e. The summed E-state index contributed by atoms with van der Waals surface area (Å²) in [4.78, 5) is 0. The van der Waals surface area contributed by atoms with Crippen LogP contribution in [0, 0.1) is 59.2 Å². The molecule has 5 heteroatoms. The van der Waals surface area contributed by atoms with Gasteiger partial charge in [-0.25, -0.2) is 0 Å². The van der Waals surface area contributed by atoms with Crippen LogP contribution in [-0.2, 0) is 14.2 Å². The van der Waals surface area contributed by atoms with Gasteiger partial charge in [0.1, 0.15) is 0 Å². The maximum absolute atomic E-state index is 6.95. The molecule has 0 aliphatic carbocycles. The lowest BCUT2D eigenvalue weighted by atomic mass is 9.82. The molecule has 404 valence electrons. The van der Waals surface area contributed by atoms with E-state index in [-0.39, 0.29) is 12.6 Å². The Bertz CT molecular complexity index is 945. The summed E-state index contributed by atoms with van der Waals surface area (Å²) in [6.07, 6.45) is 41.3. The molecule has 0 amide bonds. The van der Waals surface area contributed by atoms with Gasteiger partial charge in [-0.2, -0.15) is 0 Å². The molecule has 0 saturated heterocycles. The Kier molecular flexibility index (Phi) is 46.8. The van der Waals surface area contributed by atoms with Crippen molar-refractivity contribution >= 4 is 45.2 Å². The molecular formula is C62H124I2O3. The smallest absolute Gasteiger partial charge is 0.160 e. The molecule has 0 aromatic carbocycles. The Morgan fingerprint density at radius 1 is 0.269 bits per heavy atom. The highest BCUT2D eigenvalue weighted by Crippen LogP contribution is 2.32. The van der Waals surface area contributed by atoms with Crippen molar-refractivity contribution in [1.82, 2.24) is 0 Å². The Balaban J connectivity index is 5.43. The third-order valence-electron chi connectivity index (χ3n) is 15.1. The lowest BCUT2D eigenvalue weighted by molar-refractivity contribution is -0.250. The van der Waals surface area contributed by atoms with Gasteiger partial charge in [0.2, 0.25) is 0 Å². The van der Waals surface area contributed by atoms with Crippen LogP contribution in [0.1, 0.15) is 302 Å². The van der Waals surface area contributed by atoms with Gasteiger partial charge in [0.25, 0.3) is 0 Å². The van der Waals surface area contributed by atoms with E-state index in [0.717, 1.165) is 106 Å². The number of hydrogen-bond donors (Lipinski definition) is 0. The zero-order valence-electron chi connectivity index (χ0n) is 48.1. The van der Waals surface area contributed by atoms with Crippen LogP contribution < -0.4 is 0 Å². The second-order valence-electron chi connectivity index (χ2n) is 24.5. The molecule has 0 radical (unpaired) electrons. The van der Waals surface area contributed by atoms with Crippen LogP contribution >= 0.6 is 45.2 Å². The van der Waals surface area contributed by atoms with E-state index in [1.807, 2.05) is 0 Å². The van der Waals surface area contributed by atoms with Gasteiger partial charge < -0.3 is 14.2 Å². The van der Waals surface area contributed by atoms with E-state index in [4.69, 9.17) is 14.2 Å². The molecule has 67 heavy (non-hydrogen) atoms. The molecule has 0 N–H and O–H groups in total. The minimum atomic E-state index is -0.161. The average Bonchev–Trinajstić information content (AvgIpc) is 3.20. The lowest BCUT2D eigenvalue weighted by Crippen LogP contribution is -2.28. The van der Waals surface area contributed by atoms with Gasteiger partial charge in [0.05, 0.1) is 0 Å². The molecule has 3 nitrogen and oxygen atoms in total. The van der Waals surface area contributed by atoms with Crippen molar-refractivity contribution in [1.29, 1.82) is 0 Å². The molecule has 0 bridgehead atoms. The maximum atomic E-state index is 6.95. The summed E-state index contributed by atoms with van der Waals surface area (Å²) < 4.78 is 21.9. The quantitative estimate of drug-likeness (QED) is 0.0263. The van der Waals surface area contributed by atoms with Crippen molar-refractivity contribution in [3.8, 4) is 0 Å². The molecule has 0 saturated carbocycles. The van der Waals surface area contributed by atoms with Gasteiger partial charge >= 0.3 is 0 Å². The minimum Gasteiger partial charge on any atom is -0.353 e. The van der Waals surface area contributed by atoms with E-state index in [1.54, 1.807) is 0 Å². The van der Waals surface area contributed by atoms with Crippen molar-refractivity contribution in [2.75, 3.05) is 13.2 Å². The normalized spacial score (nSPS) is 18.6.